The molecular weight excluding hydrogens is 234 g/mol. The fourth-order valence-corrected chi connectivity index (χ4v) is 1.97. The Labute approximate surface area is 109 Å². The van der Waals surface area contributed by atoms with Crippen LogP contribution in [-0.2, 0) is 0 Å². The fourth-order valence-electron chi connectivity index (χ4n) is 1.56. The zero-order chi connectivity index (χ0) is 13.0. The van der Waals surface area contributed by atoms with E-state index in [9.17, 15) is 0 Å². The molecule has 0 aliphatic carbocycles. The summed E-state index contributed by atoms with van der Waals surface area (Å²) in [5.41, 5.74) is 2.20. The number of rotatable bonds is 4. The van der Waals surface area contributed by atoms with E-state index >= 15 is 0 Å². The van der Waals surface area contributed by atoms with E-state index in [1.807, 2.05) is 20.0 Å². The molecule has 1 aromatic rings. The van der Waals surface area contributed by atoms with Gasteiger partial charge in [-0.1, -0.05) is 18.5 Å². The van der Waals surface area contributed by atoms with E-state index in [0.717, 1.165) is 23.0 Å². The average molecular weight is 254 g/mol. The Morgan fingerprint density at radius 1 is 1.47 bits per heavy atom. The van der Waals surface area contributed by atoms with Crippen molar-refractivity contribution in [2.24, 2.45) is 0 Å². The third-order valence-electron chi connectivity index (χ3n) is 2.71. The SMILES string of the molecule is CCC(C)=C(Cl)N(c1ncncc1C)C(C)C. The van der Waals surface area contributed by atoms with Gasteiger partial charge in [0.2, 0.25) is 0 Å². The molecule has 1 aromatic heterocycles. The van der Waals surface area contributed by atoms with Crippen LogP contribution >= 0.6 is 11.6 Å². The third kappa shape index (κ3) is 3.19. The van der Waals surface area contributed by atoms with Gasteiger partial charge in [0.15, 0.2) is 0 Å². The molecule has 0 radical (unpaired) electrons. The van der Waals surface area contributed by atoms with Crippen molar-refractivity contribution in [1.29, 1.82) is 0 Å². The van der Waals surface area contributed by atoms with Gasteiger partial charge in [0, 0.05) is 17.8 Å². The van der Waals surface area contributed by atoms with Crippen LogP contribution in [0.3, 0.4) is 0 Å². The molecule has 1 heterocycles. The summed E-state index contributed by atoms with van der Waals surface area (Å²) in [5.74, 6) is 0.882. The van der Waals surface area contributed by atoms with Crippen LogP contribution in [0.1, 0.15) is 39.7 Å². The van der Waals surface area contributed by atoms with E-state index in [4.69, 9.17) is 11.6 Å². The Kier molecular flexibility index (Phi) is 4.94. The second kappa shape index (κ2) is 6.01. The van der Waals surface area contributed by atoms with Gasteiger partial charge in [-0.15, -0.1) is 0 Å². The van der Waals surface area contributed by atoms with Crippen LogP contribution in [-0.4, -0.2) is 16.0 Å². The zero-order valence-corrected chi connectivity index (χ0v) is 11.9. The number of allylic oxidation sites excluding steroid dienone is 1. The zero-order valence-electron chi connectivity index (χ0n) is 11.2. The molecule has 0 saturated heterocycles. The van der Waals surface area contributed by atoms with Crippen molar-refractivity contribution in [3.8, 4) is 0 Å². The standard InChI is InChI=1S/C13H20ClN3/c1-6-10(4)12(14)17(9(2)3)13-11(5)7-15-8-16-13/h7-9H,6H2,1-5H3. The van der Waals surface area contributed by atoms with E-state index in [0.29, 0.717) is 0 Å². The average Bonchev–Trinajstić information content (AvgIpc) is 2.30. The maximum Gasteiger partial charge on any atom is 0.140 e. The monoisotopic (exact) mass is 253 g/mol. The molecule has 0 unspecified atom stereocenters. The molecule has 0 bridgehead atoms. The fraction of sp³-hybridized carbons (Fsp3) is 0.538. The normalized spacial score (nSPS) is 12.6. The summed E-state index contributed by atoms with van der Waals surface area (Å²) < 4.78 is 0. The molecule has 4 heteroatoms. The predicted octanol–water partition coefficient (Wildman–Crippen LogP) is 3.88. The molecule has 94 valence electrons. The van der Waals surface area contributed by atoms with Crippen LogP contribution in [0.15, 0.2) is 23.3 Å². The van der Waals surface area contributed by atoms with Gasteiger partial charge in [-0.25, -0.2) is 9.97 Å². The summed E-state index contributed by atoms with van der Waals surface area (Å²) in [6, 6.07) is 0.262. The molecule has 0 fully saturated rings. The van der Waals surface area contributed by atoms with Crippen LogP contribution in [0.2, 0.25) is 0 Å². The van der Waals surface area contributed by atoms with Gasteiger partial charge in [-0.2, -0.15) is 0 Å². The molecule has 0 aliphatic rings. The second-order valence-corrected chi connectivity index (χ2v) is 4.78. The van der Waals surface area contributed by atoms with Crippen molar-refractivity contribution in [3.63, 3.8) is 0 Å². The van der Waals surface area contributed by atoms with Crippen LogP contribution < -0.4 is 4.90 Å². The predicted molar refractivity (Wildman–Crippen MR) is 73.2 cm³/mol. The van der Waals surface area contributed by atoms with Gasteiger partial charge in [0.25, 0.3) is 0 Å². The van der Waals surface area contributed by atoms with E-state index in [1.54, 1.807) is 6.33 Å². The van der Waals surface area contributed by atoms with Crippen molar-refractivity contribution in [3.05, 3.63) is 28.8 Å². The minimum absolute atomic E-state index is 0.262. The first-order chi connectivity index (χ1) is 7.99. The van der Waals surface area contributed by atoms with Crippen LogP contribution in [0.4, 0.5) is 5.82 Å². The molecule has 0 atom stereocenters. The number of nitrogens with zero attached hydrogens (tertiary/aromatic N) is 3. The molecule has 1 rings (SSSR count). The van der Waals surface area contributed by atoms with Crippen LogP contribution in [0, 0.1) is 6.92 Å². The van der Waals surface area contributed by atoms with Gasteiger partial charge in [-0.05, 0) is 39.7 Å². The van der Waals surface area contributed by atoms with Gasteiger partial charge < -0.3 is 4.90 Å². The first-order valence-corrected chi connectivity index (χ1v) is 6.27. The van der Waals surface area contributed by atoms with E-state index in [-0.39, 0.29) is 6.04 Å². The first kappa shape index (κ1) is 14.0. The number of hydrogen-bond donors (Lipinski definition) is 0. The molecule has 0 aliphatic heterocycles. The highest BCUT2D eigenvalue weighted by molar-refractivity contribution is 6.31. The summed E-state index contributed by atoms with van der Waals surface area (Å²) >= 11 is 6.44. The number of anilines is 1. The highest BCUT2D eigenvalue weighted by Crippen LogP contribution is 2.27. The summed E-state index contributed by atoms with van der Waals surface area (Å²) in [7, 11) is 0. The minimum atomic E-state index is 0.262. The molecule has 3 nitrogen and oxygen atoms in total. The lowest BCUT2D eigenvalue weighted by Crippen LogP contribution is -2.30. The van der Waals surface area contributed by atoms with Crippen molar-refractivity contribution in [1.82, 2.24) is 9.97 Å². The molecule has 0 aromatic carbocycles. The smallest absolute Gasteiger partial charge is 0.140 e. The largest absolute Gasteiger partial charge is 0.314 e. The maximum atomic E-state index is 6.44. The van der Waals surface area contributed by atoms with E-state index in [2.05, 4.69) is 35.6 Å². The minimum Gasteiger partial charge on any atom is -0.314 e. The highest BCUT2D eigenvalue weighted by atomic mass is 35.5. The third-order valence-corrected chi connectivity index (χ3v) is 3.21. The van der Waals surface area contributed by atoms with Crippen molar-refractivity contribution >= 4 is 17.4 Å². The quantitative estimate of drug-likeness (QED) is 0.763. The van der Waals surface area contributed by atoms with Gasteiger partial charge in [0.1, 0.15) is 17.3 Å². The Bertz CT molecular complexity index is 413. The highest BCUT2D eigenvalue weighted by Gasteiger charge is 2.18. The first-order valence-electron chi connectivity index (χ1n) is 5.90. The van der Waals surface area contributed by atoms with Crippen molar-refractivity contribution in [2.75, 3.05) is 4.90 Å². The van der Waals surface area contributed by atoms with Crippen LogP contribution in [0.5, 0.6) is 0 Å². The molecule has 0 saturated carbocycles. The summed E-state index contributed by atoms with van der Waals surface area (Å²) in [4.78, 5) is 10.4. The lowest BCUT2D eigenvalue weighted by Gasteiger charge is -2.29. The van der Waals surface area contributed by atoms with Gasteiger partial charge in [-0.3, -0.25) is 0 Å². The van der Waals surface area contributed by atoms with E-state index < -0.39 is 0 Å². The number of halogens is 1. The number of hydrogen-bond acceptors (Lipinski definition) is 3. The number of aromatic nitrogens is 2. The molecule has 0 spiro atoms. The van der Waals surface area contributed by atoms with Crippen LogP contribution in [0.25, 0.3) is 0 Å². The Morgan fingerprint density at radius 2 is 2.12 bits per heavy atom. The maximum absolute atomic E-state index is 6.44. The second-order valence-electron chi connectivity index (χ2n) is 4.42. The van der Waals surface area contributed by atoms with Gasteiger partial charge in [0.05, 0.1) is 0 Å². The van der Waals surface area contributed by atoms with Gasteiger partial charge >= 0.3 is 0 Å². The van der Waals surface area contributed by atoms with Crippen molar-refractivity contribution < 1.29 is 0 Å². The summed E-state index contributed by atoms with van der Waals surface area (Å²) in [6.45, 7) is 10.4. The molecule has 0 amide bonds. The molecule has 0 N–H and O–H groups in total. The Morgan fingerprint density at radius 3 is 2.59 bits per heavy atom. The lowest BCUT2D eigenvalue weighted by atomic mass is 10.2. The number of aryl methyl sites for hydroxylation is 1. The Hall–Kier alpha value is -1.09. The van der Waals surface area contributed by atoms with E-state index in [1.165, 1.54) is 5.57 Å². The molecular formula is C13H20ClN3. The van der Waals surface area contributed by atoms with Crippen molar-refractivity contribution in [2.45, 2.75) is 47.1 Å². The topological polar surface area (TPSA) is 29.0 Å². The summed E-state index contributed by atoms with van der Waals surface area (Å²) in [5, 5.41) is 0.768. The summed E-state index contributed by atoms with van der Waals surface area (Å²) in [6.07, 6.45) is 4.30. The molecule has 17 heavy (non-hydrogen) atoms. The Balaban J connectivity index is 3.25. The lowest BCUT2D eigenvalue weighted by molar-refractivity contribution is 0.749.